The number of thioether (sulfide) groups is 1. The van der Waals surface area contributed by atoms with Gasteiger partial charge in [-0.25, -0.2) is 0 Å². The van der Waals surface area contributed by atoms with E-state index in [1.54, 1.807) is 0 Å². The lowest BCUT2D eigenvalue weighted by atomic mass is 10.1. The van der Waals surface area contributed by atoms with Crippen molar-refractivity contribution in [3.05, 3.63) is 65.2 Å². The molecule has 0 saturated carbocycles. The zero-order valence-electron chi connectivity index (χ0n) is 11.7. The largest absolute Gasteiger partial charge is 0.309 e. The zero-order valence-corrected chi connectivity index (χ0v) is 13.3. The number of halogens is 1. The lowest BCUT2D eigenvalue weighted by Crippen LogP contribution is -2.24. The number of hydrogen-bond donors (Lipinski definition) is 1. The maximum Gasteiger partial charge on any atom is 0.0415 e. The van der Waals surface area contributed by atoms with Crippen LogP contribution in [0.15, 0.2) is 59.5 Å². The Balaban J connectivity index is 2.01. The highest BCUT2D eigenvalue weighted by Gasteiger charge is 2.11. The summed E-state index contributed by atoms with van der Waals surface area (Å²) in [4.78, 5) is 1.31. The molecule has 0 amide bonds. The molecular formula is C17H20ClNS. The van der Waals surface area contributed by atoms with Gasteiger partial charge in [0.1, 0.15) is 0 Å². The molecule has 3 heteroatoms. The lowest BCUT2D eigenvalue weighted by Gasteiger charge is -2.19. The fourth-order valence-corrected chi connectivity index (χ4v) is 3.13. The summed E-state index contributed by atoms with van der Waals surface area (Å²) in [5, 5.41) is 4.40. The minimum Gasteiger partial charge on any atom is -0.309 e. The van der Waals surface area contributed by atoms with Crippen LogP contribution >= 0.6 is 23.4 Å². The molecule has 2 aromatic carbocycles. The van der Waals surface area contributed by atoms with Crippen LogP contribution in [0.5, 0.6) is 0 Å². The van der Waals surface area contributed by atoms with Crippen LogP contribution in [-0.4, -0.2) is 12.3 Å². The highest BCUT2D eigenvalue weighted by atomic mass is 35.5. The van der Waals surface area contributed by atoms with Crippen molar-refractivity contribution in [1.29, 1.82) is 0 Å². The van der Waals surface area contributed by atoms with E-state index in [1.807, 2.05) is 23.9 Å². The molecule has 0 heterocycles. The highest BCUT2D eigenvalue weighted by Crippen LogP contribution is 2.25. The quantitative estimate of drug-likeness (QED) is 0.708. The fourth-order valence-electron chi connectivity index (χ4n) is 1.98. The summed E-state index contributed by atoms with van der Waals surface area (Å²) in [6.45, 7) is 3.22. The van der Waals surface area contributed by atoms with Gasteiger partial charge >= 0.3 is 0 Å². The molecular weight excluding hydrogens is 286 g/mol. The second kappa shape index (κ2) is 8.35. The third kappa shape index (κ3) is 4.86. The summed E-state index contributed by atoms with van der Waals surface area (Å²) in [5.41, 5.74) is 1.30. The Bertz CT molecular complexity index is 498. The monoisotopic (exact) mass is 305 g/mol. The van der Waals surface area contributed by atoms with Crippen molar-refractivity contribution in [3.8, 4) is 0 Å². The Morgan fingerprint density at radius 3 is 2.40 bits per heavy atom. The molecule has 2 rings (SSSR count). The molecule has 1 atom stereocenters. The van der Waals surface area contributed by atoms with Crippen molar-refractivity contribution >= 4 is 23.4 Å². The second-order valence-electron chi connectivity index (χ2n) is 4.68. The van der Waals surface area contributed by atoms with E-state index in [-0.39, 0.29) is 0 Å². The molecule has 0 fully saturated rings. The summed E-state index contributed by atoms with van der Waals surface area (Å²) in [5.74, 6) is 1.02. The van der Waals surface area contributed by atoms with Crippen molar-refractivity contribution in [2.45, 2.75) is 24.3 Å². The van der Waals surface area contributed by atoms with E-state index in [0.717, 1.165) is 23.7 Å². The summed E-state index contributed by atoms with van der Waals surface area (Å²) >= 11 is 7.85. The van der Waals surface area contributed by atoms with Crippen LogP contribution in [-0.2, 0) is 0 Å². The van der Waals surface area contributed by atoms with Crippen LogP contribution in [0.2, 0.25) is 5.02 Å². The highest BCUT2D eigenvalue weighted by molar-refractivity contribution is 7.99. The van der Waals surface area contributed by atoms with Crippen LogP contribution in [0, 0.1) is 0 Å². The minimum atomic E-state index is 0.359. The fraction of sp³-hybridized carbons (Fsp3) is 0.294. The summed E-state index contributed by atoms with van der Waals surface area (Å²) in [7, 11) is 0. The van der Waals surface area contributed by atoms with Gasteiger partial charge < -0.3 is 5.32 Å². The molecule has 2 aromatic rings. The van der Waals surface area contributed by atoms with Gasteiger partial charge in [-0.2, -0.15) is 0 Å². The first-order valence-electron chi connectivity index (χ1n) is 6.96. The Hall–Kier alpha value is -0.960. The molecule has 106 valence electrons. The topological polar surface area (TPSA) is 12.0 Å². The third-order valence-corrected chi connectivity index (χ3v) is 4.43. The van der Waals surface area contributed by atoms with Gasteiger partial charge in [0.2, 0.25) is 0 Å². The standard InChI is InChI=1S/C17H20ClNS/c1-2-12-19-17(14-8-10-15(18)11-9-14)13-20-16-6-4-3-5-7-16/h3-11,17,19H,2,12-13H2,1H3. The van der Waals surface area contributed by atoms with Gasteiger partial charge in [0.05, 0.1) is 0 Å². The number of benzene rings is 2. The Morgan fingerprint density at radius 1 is 1.05 bits per heavy atom. The number of hydrogen-bond acceptors (Lipinski definition) is 2. The molecule has 1 nitrogen and oxygen atoms in total. The van der Waals surface area contributed by atoms with Gasteiger partial charge in [0.15, 0.2) is 0 Å². The molecule has 0 aliphatic rings. The normalized spacial score (nSPS) is 12.3. The minimum absolute atomic E-state index is 0.359. The van der Waals surface area contributed by atoms with Gasteiger partial charge in [-0.3, -0.25) is 0 Å². The molecule has 1 N–H and O–H groups in total. The molecule has 0 saturated heterocycles. The Kier molecular flexibility index (Phi) is 6.44. The molecule has 0 aromatic heterocycles. The van der Waals surface area contributed by atoms with E-state index >= 15 is 0 Å². The first kappa shape index (κ1) is 15.4. The van der Waals surface area contributed by atoms with E-state index in [4.69, 9.17) is 11.6 Å². The first-order chi connectivity index (χ1) is 9.79. The van der Waals surface area contributed by atoms with Crippen LogP contribution in [0.4, 0.5) is 0 Å². The van der Waals surface area contributed by atoms with E-state index < -0.39 is 0 Å². The van der Waals surface area contributed by atoms with Gasteiger partial charge in [0, 0.05) is 21.7 Å². The molecule has 0 spiro atoms. The average molecular weight is 306 g/mol. The zero-order chi connectivity index (χ0) is 14.2. The van der Waals surface area contributed by atoms with Crippen molar-refractivity contribution in [3.63, 3.8) is 0 Å². The van der Waals surface area contributed by atoms with Crippen LogP contribution in [0.1, 0.15) is 24.9 Å². The SMILES string of the molecule is CCCNC(CSc1ccccc1)c1ccc(Cl)cc1. The molecule has 0 aliphatic heterocycles. The summed E-state index contributed by atoms with van der Waals surface area (Å²) < 4.78 is 0. The van der Waals surface area contributed by atoms with E-state index in [1.165, 1.54) is 10.5 Å². The summed E-state index contributed by atoms with van der Waals surface area (Å²) in [6.07, 6.45) is 1.14. The van der Waals surface area contributed by atoms with Crippen molar-refractivity contribution in [2.24, 2.45) is 0 Å². The van der Waals surface area contributed by atoms with Gasteiger partial charge in [0.25, 0.3) is 0 Å². The predicted molar refractivity (Wildman–Crippen MR) is 89.7 cm³/mol. The number of nitrogens with one attached hydrogen (secondary N) is 1. The van der Waals surface area contributed by atoms with Gasteiger partial charge in [-0.15, -0.1) is 11.8 Å². The van der Waals surface area contributed by atoms with Gasteiger partial charge in [-0.1, -0.05) is 48.9 Å². The van der Waals surface area contributed by atoms with Crippen molar-refractivity contribution in [1.82, 2.24) is 5.32 Å². The molecule has 0 radical (unpaired) electrons. The van der Waals surface area contributed by atoms with E-state index in [0.29, 0.717) is 6.04 Å². The first-order valence-corrected chi connectivity index (χ1v) is 8.32. The van der Waals surface area contributed by atoms with Crippen molar-refractivity contribution < 1.29 is 0 Å². The van der Waals surface area contributed by atoms with E-state index in [9.17, 15) is 0 Å². The molecule has 20 heavy (non-hydrogen) atoms. The van der Waals surface area contributed by atoms with Crippen molar-refractivity contribution in [2.75, 3.05) is 12.3 Å². The summed E-state index contributed by atoms with van der Waals surface area (Å²) in [6, 6.07) is 19.0. The average Bonchev–Trinajstić information content (AvgIpc) is 2.50. The maximum absolute atomic E-state index is 5.97. The smallest absolute Gasteiger partial charge is 0.0415 e. The lowest BCUT2D eigenvalue weighted by molar-refractivity contribution is 0.577. The van der Waals surface area contributed by atoms with Crippen LogP contribution < -0.4 is 5.32 Å². The molecule has 0 aliphatic carbocycles. The Morgan fingerprint density at radius 2 is 1.75 bits per heavy atom. The van der Waals surface area contributed by atoms with Crippen LogP contribution in [0.25, 0.3) is 0 Å². The van der Waals surface area contributed by atoms with Crippen LogP contribution in [0.3, 0.4) is 0 Å². The van der Waals surface area contributed by atoms with E-state index in [2.05, 4.69) is 54.7 Å². The second-order valence-corrected chi connectivity index (χ2v) is 6.21. The maximum atomic E-state index is 5.97. The molecule has 0 bridgehead atoms. The van der Waals surface area contributed by atoms with Gasteiger partial charge in [-0.05, 0) is 42.8 Å². The predicted octanol–water partition coefficient (Wildman–Crippen LogP) is 5.17. The number of rotatable bonds is 7. The third-order valence-electron chi connectivity index (χ3n) is 3.07. The Labute approximate surface area is 130 Å². The molecule has 1 unspecified atom stereocenters.